The lowest BCUT2D eigenvalue weighted by Gasteiger charge is -2.25. The predicted octanol–water partition coefficient (Wildman–Crippen LogP) is 2.23. The van der Waals surface area contributed by atoms with Gasteiger partial charge in [0.05, 0.1) is 12.7 Å². The summed E-state index contributed by atoms with van der Waals surface area (Å²) in [5, 5.41) is 0. The average molecular weight is 332 g/mol. The average Bonchev–Trinajstić information content (AvgIpc) is 2.98. The third-order valence-electron chi connectivity index (χ3n) is 4.86. The number of carbonyl (C=O) groups excluding carboxylic acids is 1. The van der Waals surface area contributed by atoms with Crippen molar-refractivity contribution in [3.63, 3.8) is 0 Å². The molecule has 3 rings (SSSR count). The van der Waals surface area contributed by atoms with Gasteiger partial charge in [-0.05, 0) is 37.8 Å². The van der Waals surface area contributed by atoms with Crippen LogP contribution in [0.5, 0.6) is 0 Å². The Bertz CT molecular complexity index is 543. The van der Waals surface area contributed by atoms with Gasteiger partial charge in [0.1, 0.15) is 6.61 Å². The molecule has 0 aliphatic carbocycles. The first kappa shape index (κ1) is 17.2. The van der Waals surface area contributed by atoms with Crippen molar-refractivity contribution in [2.75, 3.05) is 50.9 Å². The van der Waals surface area contributed by atoms with E-state index >= 15 is 0 Å². The lowest BCUT2D eigenvalue weighted by Crippen LogP contribution is -2.38. The molecule has 1 atom stereocenters. The highest BCUT2D eigenvalue weighted by atomic mass is 16.5. The van der Waals surface area contributed by atoms with Crippen molar-refractivity contribution in [3.8, 4) is 0 Å². The molecule has 0 N–H and O–H groups in total. The van der Waals surface area contributed by atoms with E-state index in [1.54, 1.807) is 0 Å². The summed E-state index contributed by atoms with van der Waals surface area (Å²) in [7, 11) is 0. The van der Waals surface area contributed by atoms with E-state index in [4.69, 9.17) is 9.47 Å². The monoisotopic (exact) mass is 332 g/mol. The fourth-order valence-electron chi connectivity index (χ4n) is 3.47. The minimum Gasteiger partial charge on any atom is -0.376 e. The van der Waals surface area contributed by atoms with Gasteiger partial charge < -0.3 is 19.3 Å². The first-order chi connectivity index (χ1) is 11.7. The minimum absolute atomic E-state index is 0.0969. The summed E-state index contributed by atoms with van der Waals surface area (Å²) in [5.74, 6) is 0.0969. The molecule has 0 saturated carbocycles. The van der Waals surface area contributed by atoms with Crippen LogP contribution in [0.3, 0.4) is 0 Å². The van der Waals surface area contributed by atoms with Crippen molar-refractivity contribution in [2.24, 2.45) is 0 Å². The van der Waals surface area contributed by atoms with E-state index in [0.29, 0.717) is 6.61 Å². The van der Waals surface area contributed by atoms with Crippen LogP contribution < -0.4 is 4.90 Å². The number of aryl methyl sites for hydroxylation is 1. The molecule has 2 saturated heterocycles. The molecular weight excluding hydrogens is 304 g/mol. The number of benzene rings is 1. The third kappa shape index (κ3) is 4.48. The molecule has 24 heavy (non-hydrogen) atoms. The van der Waals surface area contributed by atoms with Gasteiger partial charge in [0.15, 0.2) is 0 Å². The molecule has 0 unspecified atom stereocenters. The molecule has 5 heteroatoms. The first-order valence-corrected chi connectivity index (χ1v) is 9.02. The van der Waals surface area contributed by atoms with E-state index in [1.165, 1.54) is 11.3 Å². The summed E-state index contributed by atoms with van der Waals surface area (Å²) in [4.78, 5) is 16.7. The van der Waals surface area contributed by atoms with Crippen LogP contribution in [0.2, 0.25) is 0 Å². The van der Waals surface area contributed by atoms with Crippen molar-refractivity contribution in [3.05, 3.63) is 29.8 Å². The Hall–Kier alpha value is -1.59. The Kier molecular flexibility index (Phi) is 6.10. The van der Waals surface area contributed by atoms with Gasteiger partial charge in [-0.15, -0.1) is 0 Å². The topological polar surface area (TPSA) is 42.0 Å². The number of anilines is 1. The highest BCUT2D eigenvalue weighted by Gasteiger charge is 2.21. The molecule has 0 bridgehead atoms. The number of nitrogens with zero attached hydrogens (tertiary/aromatic N) is 2. The second-order valence-electron chi connectivity index (χ2n) is 6.66. The largest absolute Gasteiger partial charge is 0.376 e. The van der Waals surface area contributed by atoms with Crippen LogP contribution in [0.1, 0.15) is 24.8 Å². The van der Waals surface area contributed by atoms with Gasteiger partial charge in [0, 0.05) is 38.5 Å². The molecule has 2 heterocycles. The molecular formula is C19H28N2O3. The van der Waals surface area contributed by atoms with E-state index < -0.39 is 0 Å². The van der Waals surface area contributed by atoms with Crippen LogP contribution in [-0.2, 0) is 14.3 Å². The molecule has 1 amide bonds. The number of carbonyl (C=O) groups is 1. The fourth-order valence-corrected chi connectivity index (χ4v) is 3.47. The lowest BCUT2D eigenvalue weighted by atomic mass is 10.2. The van der Waals surface area contributed by atoms with E-state index in [0.717, 1.165) is 52.0 Å². The summed E-state index contributed by atoms with van der Waals surface area (Å²) in [5.41, 5.74) is 2.57. The summed E-state index contributed by atoms with van der Waals surface area (Å²) in [6.07, 6.45) is 3.32. The Morgan fingerprint density at radius 3 is 2.88 bits per heavy atom. The quantitative estimate of drug-likeness (QED) is 0.829. The summed E-state index contributed by atoms with van der Waals surface area (Å²) in [6, 6.07) is 8.45. The van der Waals surface area contributed by atoms with Crippen LogP contribution in [-0.4, -0.2) is 62.9 Å². The summed E-state index contributed by atoms with van der Waals surface area (Å²) < 4.78 is 11.1. The molecule has 2 aliphatic rings. The molecule has 132 valence electrons. The SMILES string of the molecule is Cc1ccccc1N1CCCN(C(=O)COC[C@@H]2CCCO2)CC1. The van der Waals surface area contributed by atoms with Crippen LogP contribution in [0.25, 0.3) is 0 Å². The third-order valence-corrected chi connectivity index (χ3v) is 4.86. The Morgan fingerprint density at radius 1 is 1.21 bits per heavy atom. The number of hydrogen-bond acceptors (Lipinski definition) is 4. The molecule has 1 aromatic carbocycles. The Balaban J connectivity index is 1.46. The number of amides is 1. The number of hydrogen-bond donors (Lipinski definition) is 0. The summed E-state index contributed by atoms with van der Waals surface area (Å²) in [6.45, 7) is 7.11. The molecule has 0 aromatic heterocycles. The van der Waals surface area contributed by atoms with Gasteiger partial charge in [-0.2, -0.15) is 0 Å². The van der Waals surface area contributed by atoms with Crippen molar-refractivity contribution < 1.29 is 14.3 Å². The highest BCUT2D eigenvalue weighted by molar-refractivity contribution is 5.77. The van der Waals surface area contributed by atoms with E-state index in [-0.39, 0.29) is 18.6 Å². The molecule has 2 aliphatic heterocycles. The highest BCUT2D eigenvalue weighted by Crippen LogP contribution is 2.21. The van der Waals surface area contributed by atoms with Crippen molar-refractivity contribution in [1.82, 2.24) is 4.90 Å². The van der Waals surface area contributed by atoms with E-state index in [9.17, 15) is 4.79 Å². The standard InChI is InChI=1S/C19H28N2O3/c1-16-6-2-3-8-18(16)20-9-5-10-21(12-11-20)19(22)15-23-14-17-7-4-13-24-17/h2-3,6,8,17H,4-5,7,9-15H2,1H3/t17-/m0/s1. The van der Waals surface area contributed by atoms with E-state index in [1.807, 2.05) is 4.90 Å². The maximum atomic E-state index is 12.4. The lowest BCUT2D eigenvalue weighted by molar-refractivity contribution is -0.137. The van der Waals surface area contributed by atoms with Crippen molar-refractivity contribution in [1.29, 1.82) is 0 Å². The van der Waals surface area contributed by atoms with Crippen LogP contribution in [0.15, 0.2) is 24.3 Å². The molecule has 0 radical (unpaired) electrons. The second kappa shape index (κ2) is 8.49. The van der Waals surface area contributed by atoms with Gasteiger partial charge in [0.25, 0.3) is 0 Å². The maximum absolute atomic E-state index is 12.4. The molecule has 1 aromatic rings. The van der Waals surface area contributed by atoms with Gasteiger partial charge in [-0.3, -0.25) is 4.79 Å². The van der Waals surface area contributed by atoms with Crippen LogP contribution >= 0.6 is 0 Å². The second-order valence-corrected chi connectivity index (χ2v) is 6.66. The number of rotatable bonds is 5. The zero-order chi connectivity index (χ0) is 16.8. The molecule has 5 nitrogen and oxygen atoms in total. The van der Waals surface area contributed by atoms with Gasteiger partial charge in [-0.25, -0.2) is 0 Å². The minimum atomic E-state index is 0.0969. The molecule has 2 fully saturated rings. The zero-order valence-electron chi connectivity index (χ0n) is 14.6. The molecule has 0 spiro atoms. The van der Waals surface area contributed by atoms with Gasteiger partial charge in [-0.1, -0.05) is 18.2 Å². The van der Waals surface area contributed by atoms with Crippen LogP contribution in [0.4, 0.5) is 5.69 Å². The van der Waals surface area contributed by atoms with Gasteiger partial charge >= 0.3 is 0 Å². The maximum Gasteiger partial charge on any atom is 0.248 e. The number of para-hydroxylation sites is 1. The normalized spacial score (nSPS) is 21.8. The predicted molar refractivity (Wildman–Crippen MR) is 94.4 cm³/mol. The smallest absolute Gasteiger partial charge is 0.248 e. The zero-order valence-corrected chi connectivity index (χ0v) is 14.6. The summed E-state index contributed by atoms with van der Waals surface area (Å²) >= 11 is 0. The fraction of sp³-hybridized carbons (Fsp3) is 0.632. The first-order valence-electron chi connectivity index (χ1n) is 9.02. The van der Waals surface area contributed by atoms with Crippen molar-refractivity contribution >= 4 is 11.6 Å². The van der Waals surface area contributed by atoms with Crippen molar-refractivity contribution in [2.45, 2.75) is 32.3 Å². The number of ether oxygens (including phenoxy) is 2. The Morgan fingerprint density at radius 2 is 2.08 bits per heavy atom. The van der Waals surface area contributed by atoms with Gasteiger partial charge in [0.2, 0.25) is 5.91 Å². The Labute approximate surface area is 144 Å². The van der Waals surface area contributed by atoms with Crippen LogP contribution in [0, 0.1) is 6.92 Å². The van der Waals surface area contributed by atoms with E-state index in [2.05, 4.69) is 36.1 Å².